The molecule has 0 saturated heterocycles. The van der Waals surface area contributed by atoms with Crippen LogP contribution in [0.4, 0.5) is 0 Å². The Balaban J connectivity index is 2.78. The van der Waals surface area contributed by atoms with Crippen LogP contribution in [0.3, 0.4) is 0 Å². The minimum Gasteiger partial charge on any atom is -0.480 e. The Morgan fingerprint density at radius 1 is 1.36 bits per heavy atom. The van der Waals surface area contributed by atoms with E-state index in [2.05, 4.69) is 16.0 Å². The molecule has 0 aliphatic heterocycles. The van der Waals surface area contributed by atoms with Gasteiger partial charge in [-0.15, -0.1) is 0 Å². The first kappa shape index (κ1) is 8.45. The maximum Gasteiger partial charge on any atom is 0.224 e. The fourth-order valence-corrected chi connectivity index (χ4v) is 1.27. The second-order valence-corrected chi connectivity index (χ2v) is 2.73. The Kier molecular flexibility index (Phi) is 1.99. The molecular formula is C10H7N3O. The molecule has 0 fully saturated rings. The lowest BCUT2D eigenvalue weighted by atomic mass is 10.1. The molecule has 14 heavy (non-hydrogen) atoms. The van der Waals surface area contributed by atoms with Crippen LogP contribution in [-0.4, -0.2) is 17.1 Å². The quantitative estimate of drug-likeness (QED) is 0.675. The lowest BCUT2D eigenvalue weighted by Crippen LogP contribution is -1.91. The summed E-state index contributed by atoms with van der Waals surface area (Å²) in [7, 11) is 1.54. The normalized spacial score (nSPS) is 9.71. The molecule has 4 heteroatoms. The fourth-order valence-electron chi connectivity index (χ4n) is 1.27. The van der Waals surface area contributed by atoms with Crippen LogP contribution in [0.25, 0.3) is 10.9 Å². The van der Waals surface area contributed by atoms with Crippen molar-refractivity contribution in [2.45, 2.75) is 0 Å². The third-order valence-corrected chi connectivity index (χ3v) is 1.92. The van der Waals surface area contributed by atoms with Crippen LogP contribution < -0.4 is 4.74 Å². The lowest BCUT2D eigenvalue weighted by Gasteiger charge is -2.02. The summed E-state index contributed by atoms with van der Waals surface area (Å²) in [4.78, 5) is 8.02. The van der Waals surface area contributed by atoms with Crippen LogP contribution >= 0.6 is 0 Å². The highest BCUT2D eigenvalue weighted by atomic mass is 16.5. The highest BCUT2D eigenvalue weighted by Crippen LogP contribution is 2.21. The van der Waals surface area contributed by atoms with Crippen molar-refractivity contribution in [2.24, 2.45) is 0 Å². The number of fused-ring (bicyclic) bond motifs is 1. The Hall–Kier alpha value is -2.15. The fraction of sp³-hybridized carbons (Fsp3) is 0.100. The molecular weight excluding hydrogens is 178 g/mol. The molecule has 0 N–H and O–H groups in total. The van der Waals surface area contributed by atoms with Crippen molar-refractivity contribution in [1.29, 1.82) is 5.26 Å². The zero-order valence-corrected chi connectivity index (χ0v) is 7.56. The molecule has 0 aliphatic carbocycles. The minimum absolute atomic E-state index is 0.493. The summed E-state index contributed by atoms with van der Waals surface area (Å²) in [6.45, 7) is 0. The van der Waals surface area contributed by atoms with Gasteiger partial charge in [0.25, 0.3) is 0 Å². The molecule has 4 nitrogen and oxygen atoms in total. The van der Waals surface area contributed by atoms with E-state index < -0.39 is 0 Å². The van der Waals surface area contributed by atoms with E-state index in [-0.39, 0.29) is 0 Å². The number of rotatable bonds is 1. The SMILES string of the molecule is COc1ncnc2ccc(C#N)cc12. The van der Waals surface area contributed by atoms with E-state index in [1.54, 1.807) is 25.3 Å². The number of aromatic nitrogens is 2. The average Bonchev–Trinajstić information content (AvgIpc) is 2.27. The Morgan fingerprint density at radius 3 is 2.93 bits per heavy atom. The minimum atomic E-state index is 0.493. The van der Waals surface area contributed by atoms with Gasteiger partial charge in [0.05, 0.1) is 29.6 Å². The van der Waals surface area contributed by atoms with E-state index in [1.807, 2.05) is 0 Å². The zero-order chi connectivity index (χ0) is 9.97. The molecule has 0 aliphatic rings. The van der Waals surface area contributed by atoms with Gasteiger partial charge in [-0.1, -0.05) is 0 Å². The predicted molar refractivity (Wildman–Crippen MR) is 50.8 cm³/mol. The van der Waals surface area contributed by atoms with Crippen LogP contribution in [0.2, 0.25) is 0 Å². The summed E-state index contributed by atoms with van der Waals surface area (Å²) in [6, 6.07) is 7.27. The second kappa shape index (κ2) is 3.30. The number of benzene rings is 1. The third-order valence-electron chi connectivity index (χ3n) is 1.92. The molecule has 0 saturated carbocycles. The molecule has 2 rings (SSSR count). The number of hydrogen-bond donors (Lipinski definition) is 0. The largest absolute Gasteiger partial charge is 0.480 e. The number of nitrogens with zero attached hydrogens (tertiary/aromatic N) is 3. The molecule has 1 aromatic heterocycles. The van der Waals surface area contributed by atoms with Gasteiger partial charge in [0.2, 0.25) is 5.88 Å². The van der Waals surface area contributed by atoms with E-state index >= 15 is 0 Å². The van der Waals surface area contributed by atoms with Crippen molar-refractivity contribution in [3.05, 3.63) is 30.1 Å². The van der Waals surface area contributed by atoms with Crippen LogP contribution in [0.5, 0.6) is 5.88 Å². The first-order valence-corrected chi connectivity index (χ1v) is 4.04. The number of hydrogen-bond acceptors (Lipinski definition) is 4. The Bertz CT molecular complexity index is 516. The third kappa shape index (κ3) is 1.25. The van der Waals surface area contributed by atoms with Gasteiger partial charge in [-0.25, -0.2) is 9.97 Å². The molecule has 1 aromatic carbocycles. The summed E-state index contributed by atoms with van der Waals surface area (Å²) >= 11 is 0. The smallest absolute Gasteiger partial charge is 0.224 e. The van der Waals surface area contributed by atoms with E-state index in [1.165, 1.54) is 6.33 Å². The van der Waals surface area contributed by atoms with Crippen molar-refractivity contribution < 1.29 is 4.74 Å². The van der Waals surface area contributed by atoms with Crippen molar-refractivity contribution in [2.75, 3.05) is 7.11 Å². The molecule has 0 spiro atoms. The maximum absolute atomic E-state index is 8.73. The highest BCUT2D eigenvalue weighted by Gasteiger charge is 2.03. The summed E-state index contributed by atoms with van der Waals surface area (Å²) in [5.41, 5.74) is 1.35. The van der Waals surface area contributed by atoms with Crippen LogP contribution in [-0.2, 0) is 0 Å². The summed E-state index contributed by atoms with van der Waals surface area (Å²) in [5.74, 6) is 0.493. The zero-order valence-electron chi connectivity index (χ0n) is 7.56. The molecule has 2 aromatic rings. The first-order chi connectivity index (χ1) is 6.85. The molecule has 0 amide bonds. The highest BCUT2D eigenvalue weighted by molar-refractivity contribution is 5.84. The van der Waals surface area contributed by atoms with Gasteiger partial charge in [-0.3, -0.25) is 0 Å². The second-order valence-electron chi connectivity index (χ2n) is 2.73. The van der Waals surface area contributed by atoms with E-state index in [0.717, 1.165) is 10.9 Å². The summed E-state index contributed by atoms with van der Waals surface area (Å²) < 4.78 is 5.07. The van der Waals surface area contributed by atoms with Crippen LogP contribution in [0.15, 0.2) is 24.5 Å². The van der Waals surface area contributed by atoms with Gasteiger partial charge in [-0.05, 0) is 18.2 Å². The van der Waals surface area contributed by atoms with E-state index in [0.29, 0.717) is 11.4 Å². The van der Waals surface area contributed by atoms with Crippen LogP contribution in [0, 0.1) is 11.3 Å². The molecule has 0 unspecified atom stereocenters. The van der Waals surface area contributed by atoms with Gasteiger partial charge < -0.3 is 4.74 Å². The van der Waals surface area contributed by atoms with Crippen molar-refractivity contribution in [3.8, 4) is 11.9 Å². The van der Waals surface area contributed by atoms with Gasteiger partial charge in [0, 0.05) is 0 Å². The average molecular weight is 185 g/mol. The summed E-state index contributed by atoms with van der Waals surface area (Å²) in [5, 5.41) is 9.49. The Labute approximate surface area is 80.8 Å². The predicted octanol–water partition coefficient (Wildman–Crippen LogP) is 1.51. The summed E-state index contributed by atoms with van der Waals surface area (Å²) in [6.07, 6.45) is 1.44. The molecule has 1 heterocycles. The molecule has 0 radical (unpaired) electrons. The monoisotopic (exact) mass is 185 g/mol. The number of ether oxygens (including phenoxy) is 1. The van der Waals surface area contributed by atoms with Crippen molar-refractivity contribution in [1.82, 2.24) is 9.97 Å². The number of methoxy groups -OCH3 is 1. The molecule has 68 valence electrons. The van der Waals surface area contributed by atoms with Gasteiger partial charge in [0.1, 0.15) is 6.33 Å². The molecule has 0 atom stereocenters. The van der Waals surface area contributed by atoms with Crippen molar-refractivity contribution in [3.63, 3.8) is 0 Å². The van der Waals surface area contributed by atoms with Gasteiger partial charge in [-0.2, -0.15) is 5.26 Å². The number of nitriles is 1. The van der Waals surface area contributed by atoms with Gasteiger partial charge in [0.15, 0.2) is 0 Å². The van der Waals surface area contributed by atoms with Crippen molar-refractivity contribution >= 4 is 10.9 Å². The van der Waals surface area contributed by atoms with Crippen LogP contribution in [0.1, 0.15) is 5.56 Å². The standard InChI is InChI=1S/C10H7N3O/c1-14-10-8-4-7(5-11)2-3-9(8)12-6-13-10/h2-4,6H,1H3. The first-order valence-electron chi connectivity index (χ1n) is 4.04. The van der Waals surface area contributed by atoms with E-state index in [4.69, 9.17) is 10.00 Å². The maximum atomic E-state index is 8.73. The lowest BCUT2D eigenvalue weighted by molar-refractivity contribution is 0.402. The molecule has 0 bridgehead atoms. The van der Waals surface area contributed by atoms with Gasteiger partial charge >= 0.3 is 0 Å². The van der Waals surface area contributed by atoms with E-state index in [9.17, 15) is 0 Å². The topological polar surface area (TPSA) is 58.8 Å². The Morgan fingerprint density at radius 2 is 2.21 bits per heavy atom.